The molecule has 1 rings (SSSR count). The fourth-order valence-corrected chi connectivity index (χ4v) is 4.76. The smallest absolute Gasteiger partial charge is 0.220 e. The van der Waals surface area contributed by atoms with Gasteiger partial charge in [0.05, 0.1) is 0 Å². The van der Waals surface area contributed by atoms with Gasteiger partial charge in [0, 0.05) is 30.5 Å². The molecular weight excluding hydrogens is 288 g/mol. The quantitative estimate of drug-likeness (QED) is 0.552. The van der Waals surface area contributed by atoms with Crippen molar-refractivity contribution in [3.8, 4) is 0 Å². The van der Waals surface area contributed by atoms with E-state index in [1.54, 1.807) is 0 Å². The summed E-state index contributed by atoms with van der Waals surface area (Å²) in [6.07, 6.45) is 5.56. The van der Waals surface area contributed by atoms with E-state index in [9.17, 15) is 4.79 Å². The van der Waals surface area contributed by atoms with Gasteiger partial charge in [0.1, 0.15) is 0 Å². The summed E-state index contributed by atoms with van der Waals surface area (Å²) >= 11 is 0. The molecule has 1 N–H and O–H groups in total. The number of amides is 1. The number of hydrogen-bond acceptors (Lipinski definition) is 4. The Bertz CT molecular complexity index is 224. The van der Waals surface area contributed by atoms with E-state index >= 15 is 0 Å². The third kappa shape index (κ3) is 9.36. The zero-order chi connectivity index (χ0) is 12.5. The Labute approximate surface area is 125 Å². The number of likely N-dealkylation sites (N-methyl/N-ethyl adjacent to an activating group) is 1. The number of rotatable bonds is 8. The van der Waals surface area contributed by atoms with Gasteiger partial charge in [-0.15, -0.1) is 12.4 Å². The molecule has 1 atom stereocenters. The molecule has 1 saturated heterocycles. The lowest BCUT2D eigenvalue weighted by Crippen LogP contribution is -2.31. The minimum Gasteiger partial charge on any atom is -0.355 e. The fourth-order valence-electron chi connectivity index (χ4n) is 1.73. The molecule has 0 aliphatic carbocycles. The summed E-state index contributed by atoms with van der Waals surface area (Å²) in [5.41, 5.74) is 0. The number of unbranched alkanes of at least 4 members (excludes halogenated alkanes) is 1. The van der Waals surface area contributed by atoms with Crippen LogP contribution < -0.4 is 5.32 Å². The van der Waals surface area contributed by atoms with E-state index in [2.05, 4.69) is 10.2 Å². The Hall–Kier alpha value is 0.420. The Morgan fingerprint density at radius 3 is 2.78 bits per heavy atom. The van der Waals surface area contributed by atoms with Crippen LogP contribution >= 0.6 is 34.0 Å². The van der Waals surface area contributed by atoms with Crippen molar-refractivity contribution in [3.05, 3.63) is 0 Å². The van der Waals surface area contributed by atoms with Gasteiger partial charge in [0.15, 0.2) is 0 Å². The Kier molecular flexibility index (Phi) is 11.5. The highest BCUT2D eigenvalue weighted by molar-refractivity contribution is 8.77. The zero-order valence-electron chi connectivity index (χ0n) is 11.3. The van der Waals surface area contributed by atoms with E-state index in [0.717, 1.165) is 24.8 Å². The lowest BCUT2D eigenvalue weighted by Gasteiger charge is -2.10. The van der Waals surface area contributed by atoms with Crippen LogP contribution in [0.4, 0.5) is 0 Å². The maximum Gasteiger partial charge on any atom is 0.220 e. The summed E-state index contributed by atoms with van der Waals surface area (Å²) in [5.74, 6) is 1.51. The molecule has 18 heavy (non-hydrogen) atoms. The van der Waals surface area contributed by atoms with E-state index < -0.39 is 0 Å². The molecule has 0 aromatic carbocycles. The second kappa shape index (κ2) is 11.3. The predicted octanol–water partition coefficient (Wildman–Crippen LogP) is 2.80. The molecule has 0 spiro atoms. The van der Waals surface area contributed by atoms with Crippen LogP contribution in [0.15, 0.2) is 0 Å². The first-order chi connectivity index (χ1) is 8.18. The first-order valence-corrected chi connectivity index (χ1v) is 8.76. The summed E-state index contributed by atoms with van der Waals surface area (Å²) in [7, 11) is 8.06. The zero-order valence-corrected chi connectivity index (χ0v) is 13.8. The minimum atomic E-state index is 0. The molecule has 0 bridgehead atoms. The number of hydrogen-bond donors (Lipinski definition) is 1. The normalized spacial score (nSPS) is 18.7. The van der Waals surface area contributed by atoms with E-state index in [1.165, 1.54) is 25.0 Å². The molecular formula is C12H25ClN2OS2. The summed E-state index contributed by atoms with van der Waals surface area (Å²) < 4.78 is 0. The van der Waals surface area contributed by atoms with E-state index in [0.29, 0.717) is 6.42 Å². The Balaban J connectivity index is 0.00000289. The summed E-state index contributed by atoms with van der Waals surface area (Å²) in [6, 6.07) is 0. The lowest BCUT2D eigenvalue weighted by atomic mass is 10.1. The van der Waals surface area contributed by atoms with Crippen molar-refractivity contribution >= 4 is 39.9 Å². The van der Waals surface area contributed by atoms with Crippen LogP contribution in [0.5, 0.6) is 0 Å². The molecule has 108 valence electrons. The summed E-state index contributed by atoms with van der Waals surface area (Å²) in [4.78, 5) is 13.6. The number of nitrogens with one attached hydrogen (secondary N) is 1. The maximum atomic E-state index is 11.5. The average Bonchev–Trinajstić information content (AvgIpc) is 2.76. The average molecular weight is 313 g/mol. The highest BCUT2D eigenvalue weighted by atomic mass is 35.5. The van der Waals surface area contributed by atoms with Crippen LogP contribution in [0, 0.1) is 0 Å². The van der Waals surface area contributed by atoms with Gasteiger partial charge in [-0.25, -0.2) is 0 Å². The molecule has 6 heteroatoms. The van der Waals surface area contributed by atoms with Gasteiger partial charge < -0.3 is 10.2 Å². The minimum absolute atomic E-state index is 0. The number of carbonyl (C=O) groups is 1. The van der Waals surface area contributed by atoms with Gasteiger partial charge in [-0.1, -0.05) is 28.0 Å². The molecule has 0 aromatic heterocycles. The van der Waals surface area contributed by atoms with E-state index in [4.69, 9.17) is 0 Å². The monoisotopic (exact) mass is 312 g/mol. The van der Waals surface area contributed by atoms with Gasteiger partial charge >= 0.3 is 0 Å². The van der Waals surface area contributed by atoms with Crippen LogP contribution in [0.25, 0.3) is 0 Å². The second-order valence-corrected chi connectivity index (χ2v) is 7.52. The topological polar surface area (TPSA) is 32.3 Å². The molecule has 3 nitrogen and oxygen atoms in total. The maximum absolute atomic E-state index is 11.5. The SMILES string of the molecule is CN(C)CCNC(=O)CCCCC1CCSS1.Cl. The van der Waals surface area contributed by atoms with Crippen LogP contribution in [0.2, 0.25) is 0 Å². The molecule has 1 aliphatic heterocycles. The predicted molar refractivity (Wildman–Crippen MR) is 85.7 cm³/mol. The highest BCUT2D eigenvalue weighted by Crippen LogP contribution is 2.39. The molecule has 1 heterocycles. The van der Waals surface area contributed by atoms with Crippen LogP contribution in [-0.2, 0) is 4.79 Å². The van der Waals surface area contributed by atoms with Crippen molar-refractivity contribution in [1.82, 2.24) is 10.2 Å². The van der Waals surface area contributed by atoms with Gasteiger partial charge in [0.2, 0.25) is 5.91 Å². The summed E-state index contributed by atoms with van der Waals surface area (Å²) in [6.45, 7) is 1.68. The van der Waals surface area contributed by atoms with Crippen LogP contribution in [0.1, 0.15) is 32.1 Å². The Morgan fingerprint density at radius 1 is 1.39 bits per heavy atom. The molecule has 1 amide bonds. The van der Waals surface area contributed by atoms with Crippen molar-refractivity contribution in [2.24, 2.45) is 0 Å². The highest BCUT2D eigenvalue weighted by Gasteiger charge is 2.15. The third-order valence-corrected chi connectivity index (χ3v) is 5.80. The number of carbonyl (C=O) groups excluding carboxylic acids is 1. The van der Waals surface area contributed by atoms with Gasteiger partial charge in [-0.3, -0.25) is 4.79 Å². The molecule has 0 radical (unpaired) electrons. The second-order valence-electron chi connectivity index (χ2n) is 4.73. The van der Waals surface area contributed by atoms with E-state index in [-0.39, 0.29) is 18.3 Å². The third-order valence-electron chi connectivity index (χ3n) is 2.79. The van der Waals surface area contributed by atoms with Crippen molar-refractivity contribution in [3.63, 3.8) is 0 Å². The molecule has 1 aliphatic rings. The molecule has 1 fully saturated rings. The molecule has 0 saturated carbocycles. The van der Waals surface area contributed by atoms with Crippen molar-refractivity contribution in [2.75, 3.05) is 32.9 Å². The lowest BCUT2D eigenvalue weighted by molar-refractivity contribution is -0.121. The largest absolute Gasteiger partial charge is 0.355 e. The standard InChI is InChI=1S/C12H24N2OS2.ClH/c1-14(2)9-8-13-12(15)6-4-3-5-11-7-10-16-17-11;/h11H,3-10H2,1-2H3,(H,13,15);1H. The van der Waals surface area contributed by atoms with Gasteiger partial charge in [-0.2, -0.15) is 0 Å². The number of halogens is 1. The van der Waals surface area contributed by atoms with Crippen LogP contribution in [-0.4, -0.2) is 49.0 Å². The van der Waals surface area contributed by atoms with Crippen molar-refractivity contribution in [1.29, 1.82) is 0 Å². The number of nitrogens with zero attached hydrogens (tertiary/aromatic N) is 1. The first kappa shape index (κ1) is 18.4. The van der Waals surface area contributed by atoms with Gasteiger partial charge in [-0.05, 0) is 33.4 Å². The molecule has 0 aromatic rings. The van der Waals surface area contributed by atoms with Crippen LogP contribution in [0.3, 0.4) is 0 Å². The first-order valence-electron chi connectivity index (χ1n) is 6.38. The Morgan fingerprint density at radius 2 is 2.17 bits per heavy atom. The fraction of sp³-hybridized carbons (Fsp3) is 0.917. The van der Waals surface area contributed by atoms with Gasteiger partial charge in [0.25, 0.3) is 0 Å². The van der Waals surface area contributed by atoms with E-state index in [1.807, 2.05) is 35.7 Å². The van der Waals surface area contributed by atoms with Crippen molar-refractivity contribution in [2.45, 2.75) is 37.4 Å². The molecule has 1 unspecified atom stereocenters. The summed E-state index contributed by atoms with van der Waals surface area (Å²) in [5, 5.41) is 3.80. The van der Waals surface area contributed by atoms with Crippen molar-refractivity contribution < 1.29 is 4.79 Å².